The molecule has 1 unspecified atom stereocenters. The van der Waals surface area contributed by atoms with Crippen molar-refractivity contribution in [2.75, 3.05) is 23.3 Å². The predicted molar refractivity (Wildman–Crippen MR) is 77.7 cm³/mol. The van der Waals surface area contributed by atoms with E-state index in [4.69, 9.17) is 5.73 Å². The second kappa shape index (κ2) is 6.04. The van der Waals surface area contributed by atoms with Crippen LogP contribution in [0, 0.1) is 0 Å². The molecule has 9 heteroatoms. The van der Waals surface area contributed by atoms with Crippen LogP contribution in [0.15, 0.2) is 12.7 Å². The van der Waals surface area contributed by atoms with Crippen LogP contribution >= 0.6 is 11.8 Å². The van der Waals surface area contributed by atoms with Gasteiger partial charge in [-0.05, 0) is 18.6 Å². The van der Waals surface area contributed by atoms with Gasteiger partial charge in [-0.1, -0.05) is 6.42 Å². The Bertz CT molecular complexity index is 552. The summed E-state index contributed by atoms with van der Waals surface area (Å²) in [4.78, 5) is 16.3. The molecule has 1 fully saturated rings. The standard InChI is InChI=1S/C11H16N8S/c12-9-16-10(14-5-8-3-1-2-4-20-8)18-11(17-9)19-7-13-6-15-19/h6-8H,1-5H2,(H3,12,14,16,17,18). The summed E-state index contributed by atoms with van der Waals surface area (Å²) in [6, 6.07) is 0. The highest BCUT2D eigenvalue weighted by Crippen LogP contribution is 2.24. The molecule has 1 aliphatic rings. The van der Waals surface area contributed by atoms with Gasteiger partial charge in [-0.3, -0.25) is 0 Å². The number of nitrogens with two attached hydrogens (primary N) is 1. The number of hydrogen-bond acceptors (Lipinski definition) is 8. The Morgan fingerprint density at radius 3 is 3.05 bits per heavy atom. The van der Waals surface area contributed by atoms with Crippen LogP contribution in [0.25, 0.3) is 5.95 Å². The van der Waals surface area contributed by atoms with E-state index in [-0.39, 0.29) is 5.95 Å². The molecule has 0 spiro atoms. The Hall–Kier alpha value is -1.90. The maximum absolute atomic E-state index is 5.71. The lowest BCUT2D eigenvalue weighted by molar-refractivity contribution is 0.675. The molecule has 3 heterocycles. The normalized spacial score (nSPS) is 18.9. The van der Waals surface area contributed by atoms with Gasteiger partial charge in [0.05, 0.1) is 0 Å². The van der Waals surface area contributed by atoms with Crippen molar-refractivity contribution in [3.63, 3.8) is 0 Å². The van der Waals surface area contributed by atoms with Crippen molar-refractivity contribution in [2.24, 2.45) is 0 Å². The van der Waals surface area contributed by atoms with Crippen LogP contribution in [0.3, 0.4) is 0 Å². The molecule has 0 saturated carbocycles. The maximum atomic E-state index is 5.71. The fraction of sp³-hybridized carbons (Fsp3) is 0.545. The summed E-state index contributed by atoms with van der Waals surface area (Å²) >= 11 is 2.00. The molecule has 1 saturated heterocycles. The Kier molecular flexibility index (Phi) is 3.95. The van der Waals surface area contributed by atoms with Gasteiger partial charge in [-0.2, -0.15) is 36.5 Å². The second-order valence-electron chi connectivity index (χ2n) is 4.53. The van der Waals surface area contributed by atoms with Crippen LogP contribution in [0.2, 0.25) is 0 Å². The van der Waals surface area contributed by atoms with E-state index in [1.165, 1.54) is 42.4 Å². The third-order valence-electron chi connectivity index (χ3n) is 3.03. The molecule has 0 aliphatic carbocycles. The van der Waals surface area contributed by atoms with Gasteiger partial charge in [0, 0.05) is 11.8 Å². The molecule has 1 atom stereocenters. The maximum Gasteiger partial charge on any atom is 0.258 e. The minimum Gasteiger partial charge on any atom is -0.368 e. The Balaban J connectivity index is 1.69. The van der Waals surface area contributed by atoms with Crippen molar-refractivity contribution in [3.05, 3.63) is 12.7 Å². The molecule has 20 heavy (non-hydrogen) atoms. The molecule has 2 aromatic rings. The average Bonchev–Trinajstić information content (AvgIpc) is 3.00. The molecule has 8 nitrogen and oxygen atoms in total. The zero-order valence-electron chi connectivity index (χ0n) is 10.9. The van der Waals surface area contributed by atoms with Gasteiger partial charge in [-0.15, -0.1) is 0 Å². The molecule has 106 valence electrons. The number of anilines is 2. The van der Waals surface area contributed by atoms with Gasteiger partial charge in [0.25, 0.3) is 5.95 Å². The SMILES string of the molecule is Nc1nc(NCC2CCCCS2)nc(-n2cncn2)n1. The fourth-order valence-corrected chi connectivity index (χ4v) is 3.29. The van der Waals surface area contributed by atoms with Crippen LogP contribution in [0.4, 0.5) is 11.9 Å². The highest BCUT2D eigenvalue weighted by atomic mass is 32.2. The summed E-state index contributed by atoms with van der Waals surface area (Å²) in [7, 11) is 0. The van der Waals surface area contributed by atoms with Gasteiger partial charge in [0.2, 0.25) is 11.9 Å². The van der Waals surface area contributed by atoms with E-state index in [1.807, 2.05) is 11.8 Å². The molecule has 3 N–H and O–H groups in total. The van der Waals surface area contributed by atoms with Crippen LogP contribution in [0.5, 0.6) is 0 Å². The van der Waals surface area contributed by atoms with Crippen LogP contribution in [-0.2, 0) is 0 Å². The summed E-state index contributed by atoms with van der Waals surface area (Å²) in [6.45, 7) is 0.838. The molecule has 1 aliphatic heterocycles. The quantitative estimate of drug-likeness (QED) is 0.849. The van der Waals surface area contributed by atoms with Crippen molar-refractivity contribution in [3.8, 4) is 5.95 Å². The summed E-state index contributed by atoms with van der Waals surface area (Å²) in [6.07, 6.45) is 6.79. The Morgan fingerprint density at radius 1 is 1.35 bits per heavy atom. The van der Waals surface area contributed by atoms with Crippen LogP contribution in [-0.4, -0.2) is 47.3 Å². The molecule has 2 aromatic heterocycles. The summed E-state index contributed by atoms with van der Waals surface area (Å²) in [5, 5.41) is 7.82. The first-order valence-corrected chi connectivity index (χ1v) is 7.58. The molecule has 0 amide bonds. The van der Waals surface area contributed by atoms with E-state index in [9.17, 15) is 0 Å². The molecular formula is C11H16N8S. The lowest BCUT2D eigenvalue weighted by Crippen LogP contribution is -2.21. The zero-order valence-corrected chi connectivity index (χ0v) is 11.8. The number of rotatable bonds is 4. The Morgan fingerprint density at radius 2 is 2.30 bits per heavy atom. The minimum atomic E-state index is 0.171. The van der Waals surface area contributed by atoms with E-state index >= 15 is 0 Å². The molecule has 0 aromatic carbocycles. The monoisotopic (exact) mass is 292 g/mol. The number of aromatic nitrogens is 6. The van der Waals surface area contributed by atoms with Crippen molar-refractivity contribution < 1.29 is 0 Å². The molecule has 3 rings (SSSR count). The van der Waals surface area contributed by atoms with Gasteiger partial charge in [0.1, 0.15) is 12.7 Å². The number of thioether (sulfide) groups is 1. The van der Waals surface area contributed by atoms with Gasteiger partial charge in [0.15, 0.2) is 0 Å². The van der Waals surface area contributed by atoms with Crippen molar-refractivity contribution in [1.82, 2.24) is 29.7 Å². The summed E-state index contributed by atoms with van der Waals surface area (Å²) < 4.78 is 1.46. The van der Waals surface area contributed by atoms with Gasteiger partial charge in [-0.25, -0.2) is 4.98 Å². The topological polar surface area (TPSA) is 107 Å². The summed E-state index contributed by atoms with van der Waals surface area (Å²) in [5.41, 5.74) is 5.71. The lowest BCUT2D eigenvalue weighted by atomic mass is 10.2. The average molecular weight is 292 g/mol. The smallest absolute Gasteiger partial charge is 0.258 e. The van der Waals surface area contributed by atoms with Crippen molar-refractivity contribution >= 4 is 23.7 Å². The minimum absolute atomic E-state index is 0.171. The molecule has 0 bridgehead atoms. The van der Waals surface area contributed by atoms with Crippen molar-refractivity contribution in [2.45, 2.75) is 24.5 Å². The number of nitrogen functional groups attached to an aromatic ring is 1. The van der Waals surface area contributed by atoms with Gasteiger partial charge >= 0.3 is 0 Å². The molecule has 0 radical (unpaired) electrons. The highest BCUT2D eigenvalue weighted by Gasteiger charge is 2.14. The first kappa shape index (κ1) is 13.1. The first-order valence-electron chi connectivity index (χ1n) is 6.53. The molecular weight excluding hydrogens is 276 g/mol. The lowest BCUT2D eigenvalue weighted by Gasteiger charge is -2.21. The third kappa shape index (κ3) is 3.16. The van der Waals surface area contributed by atoms with E-state index < -0.39 is 0 Å². The van der Waals surface area contributed by atoms with Crippen LogP contribution in [0.1, 0.15) is 19.3 Å². The van der Waals surface area contributed by atoms with Crippen LogP contribution < -0.4 is 11.1 Å². The highest BCUT2D eigenvalue weighted by molar-refractivity contribution is 7.99. The fourth-order valence-electron chi connectivity index (χ4n) is 2.05. The number of nitrogens with one attached hydrogen (secondary N) is 1. The van der Waals surface area contributed by atoms with E-state index in [0.29, 0.717) is 17.1 Å². The number of nitrogens with zero attached hydrogens (tertiary/aromatic N) is 6. The third-order valence-corrected chi connectivity index (χ3v) is 4.42. The van der Waals surface area contributed by atoms with E-state index in [2.05, 4.69) is 30.4 Å². The number of hydrogen-bond donors (Lipinski definition) is 2. The predicted octanol–water partition coefficient (Wildman–Crippen LogP) is 0.732. The second-order valence-corrected chi connectivity index (χ2v) is 5.93. The zero-order chi connectivity index (χ0) is 13.8. The van der Waals surface area contributed by atoms with E-state index in [0.717, 1.165) is 6.54 Å². The van der Waals surface area contributed by atoms with Crippen molar-refractivity contribution in [1.29, 1.82) is 0 Å². The van der Waals surface area contributed by atoms with Gasteiger partial charge < -0.3 is 11.1 Å². The largest absolute Gasteiger partial charge is 0.368 e. The van der Waals surface area contributed by atoms with E-state index in [1.54, 1.807) is 0 Å². The first-order chi connectivity index (χ1) is 9.81. The Labute approximate surface area is 120 Å². The summed E-state index contributed by atoms with van der Waals surface area (Å²) in [5.74, 6) is 2.25.